The van der Waals surface area contributed by atoms with Crippen LogP contribution in [0, 0.1) is 16.8 Å². The minimum Gasteiger partial charge on any atom is -0.375 e. The van der Waals surface area contributed by atoms with E-state index in [0.29, 0.717) is 21.8 Å². The first-order valence-corrected chi connectivity index (χ1v) is 15.5. The summed E-state index contributed by atoms with van der Waals surface area (Å²) in [5.41, 5.74) is 18.7. The number of fused-ring (bicyclic) bond motifs is 2. The highest BCUT2D eigenvalue weighted by atomic mass is 32.1. The first kappa shape index (κ1) is 31.5. The van der Waals surface area contributed by atoms with Gasteiger partial charge < -0.3 is 20.9 Å². The van der Waals surface area contributed by atoms with Crippen LogP contribution >= 0.6 is 11.3 Å². The third-order valence-corrected chi connectivity index (χ3v) is 9.17. The number of anilines is 1. The lowest BCUT2D eigenvalue weighted by Crippen LogP contribution is -2.65. The molecular weight excluding hydrogens is 625 g/mol. The van der Waals surface area contributed by atoms with E-state index in [0.717, 1.165) is 15.8 Å². The molecule has 0 spiro atoms. The second-order valence-corrected chi connectivity index (χ2v) is 12.3. The Morgan fingerprint density at radius 3 is 2.57 bits per heavy atom. The van der Waals surface area contributed by atoms with Gasteiger partial charge in [-0.15, -0.1) is 0 Å². The number of nitrogens with two attached hydrogens (primary N) is 1. The van der Waals surface area contributed by atoms with Gasteiger partial charge in [-0.3, -0.25) is 20.0 Å². The number of carbonyl (C=O) groups is 3. The Kier molecular flexibility index (Phi) is 8.78. The number of amidine groups is 1. The number of halogens is 1. The molecule has 6 N–H and O–H groups in total. The van der Waals surface area contributed by atoms with Gasteiger partial charge in [0, 0.05) is 32.1 Å². The van der Waals surface area contributed by atoms with Crippen molar-refractivity contribution < 1.29 is 18.8 Å². The number of urea groups is 1. The molecule has 0 radical (unpaired) electrons. The molecule has 2 fully saturated rings. The standard InChI is InChI=1S/C31H32FN11O3S/c1-40(31(46)36-14-19-7-11-22(32)12-8-19)42-17-26(44)43-23(13-18-5-9-20(10-6-18)28(33)38-39-35)29(45)41(16-25(42)43)15-21-3-2-4-24-27(21)37-30(34)47-24/h2-12,23,25H,13-17H2,1H3,(H2,34,37)(H,36,46)(H3,33,35,38)/t23-,25+/m0/s1. The van der Waals surface area contributed by atoms with Gasteiger partial charge in [0.15, 0.2) is 5.13 Å². The molecule has 0 saturated carbocycles. The lowest BCUT2D eigenvalue weighted by atomic mass is 9.99. The number of hydrogen-bond acceptors (Lipinski definition) is 10. The molecule has 2 atom stereocenters. The molecule has 4 amide bonds. The molecule has 2 aliphatic heterocycles. The van der Waals surface area contributed by atoms with Gasteiger partial charge >= 0.3 is 6.03 Å². The third-order valence-electron chi connectivity index (χ3n) is 8.32. The van der Waals surface area contributed by atoms with Crippen LogP contribution in [0.1, 0.15) is 22.3 Å². The van der Waals surface area contributed by atoms with E-state index < -0.39 is 18.2 Å². The van der Waals surface area contributed by atoms with Gasteiger partial charge in [0.25, 0.3) is 0 Å². The Morgan fingerprint density at radius 1 is 1.13 bits per heavy atom. The van der Waals surface area contributed by atoms with E-state index in [2.05, 4.69) is 20.9 Å². The van der Waals surface area contributed by atoms with E-state index in [1.165, 1.54) is 28.5 Å². The zero-order valence-corrected chi connectivity index (χ0v) is 26.1. The molecule has 0 bridgehead atoms. The third kappa shape index (κ3) is 6.45. The lowest BCUT2D eigenvalue weighted by Gasteiger charge is -2.45. The fourth-order valence-corrected chi connectivity index (χ4v) is 6.75. The number of hydrogen-bond donors (Lipinski definition) is 5. The second kappa shape index (κ2) is 13.1. The molecule has 47 heavy (non-hydrogen) atoms. The number of piperazine rings is 1. The molecule has 14 nitrogen and oxygen atoms in total. The number of hydrazine groups is 1. The Labute approximate surface area is 272 Å². The van der Waals surface area contributed by atoms with E-state index in [9.17, 15) is 18.8 Å². The summed E-state index contributed by atoms with van der Waals surface area (Å²) in [7, 11) is 1.57. The van der Waals surface area contributed by atoms with Crippen LogP contribution in [0.2, 0.25) is 0 Å². The average molecular weight is 658 g/mol. The fraction of sp³-hybridized carbons (Fsp3) is 0.258. The second-order valence-electron chi connectivity index (χ2n) is 11.2. The quantitative estimate of drug-likeness (QED) is 0.0792. The number of nitrogen functional groups attached to an aromatic ring is 1. The maximum absolute atomic E-state index is 14.2. The molecule has 4 aromatic rings. The van der Waals surface area contributed by atoms with E-state index in [1.54, 1.807) is 58.3 Å². The fourth-order valence-electron chi connectivity index (χ4n) is 5.97. The molecule has 16 heteroatoms. The van der Waals surface area contributed by atoms with Crippen molar-refractivity contribution in [3.8, 4) is 0 Å². The van der Waals surface area contributed by atoms with E-state index in [4.69, 9.17) is 16.7 Å². The Hall–Kier alpha value is -5.48. The van der Waals surface area contributed by atoms with Crippen LogP contribution in [0.15, 0.2) is 72.0 Å². The number of para-hydroxylation sites is 1. The molecule has 3 heterocycles. The molecule has 1 aromatic heterocycles. The predicted molar refractivity (Wildman–Crippen MR) is 172 cm³/mol. The molecule has 0 aliphatic carbocycles. The smallest absolute Gasteiger partial charge is 0.332 e. The van der Waals surface area contributed by atoms with Crippen LogP contribution in [-0.4, -0.2) is 80.8 Å². The molecule has 3 aromatic carbocycles. The summed E-state index contributed by atoms with van der Waals surface area (Å²) in [6.07, 6.45) is -0.439. The van der Waals surface area contributed by atoms with Crippen LogP contribution < -0.4 is 16.5 Å². The topological polar surface area (TPSA) is 187 Å². The molecule has 242 valence electrons. The number of benzene rings is 3. The number of carbonyl (C=O) groups excluding carboxylic acids is 3. The van der Waals surface area contributed by atoms with Gasteiger partial charge in [-0.2, -0.15) is 10.5 Å². The zero-order valence-electron chi connectivity index (χ0n) is 25.3. The minimum atomic E-state index is -0.867. The first-order chi connectivity index (χ1) is 22.6. The molecule has 2 saturated heterocycles. The maximum atomic E-state index is 14.2. The lowest BCUT2D eigenvalue weighted by molar-refractivity contribution is -0.157. The highest BCUT2D eigenvalue weighted by Gasteiger charge is 2.51. The Morgan fingerprint density at radius 2 is 1.85 bits per heavy atom. The summed E-state index contributed by atoms with van der Waals surface area (Å²) in [5, 5.41) is 17.2. The van der Waals surface area contributed by atoms with Gasteiger partial charge in [0.1, 0.15) is 23.9 Å². The SMILES string of the molecule is CN(C(=O)NCc1ccc(F)cc1)N1CC(=O)N2[C@@H](Cc3ccc(C(=N)NN=N)cc3)C(=O)N(Cc3cccc4sc(N)nc34)C[C@@H]21. The van der Waals surface area contributed by atoms with Gasteiger partial charge in [-0.1, -0.05) is 65.1 Å². The van der Waals surface area contributed by atoms with Crippen LogP contribution in [0.4, 0.5) is 14.3 Å². The zero-order chi connectivity index (χ0) is 33.2. The van der Waals surface area contributed by atoms with E-state index in [1.807, 2.05) is 18.2 Å². The van der Waals surface area contributed by atoms with Crippen LogP contribution in [0.25, 0.3) is 10.2 Å². The van der Waals surface area contributed by atoms with Crippen molar-refractivity contribution >= 4 is 50.4 Å². The summed E-state index contributed by atoms with van der Waals surface area (Å²) in [6.45, 7) is 0.415. The molecule has 0 unspecified atom stereocenters. The summed E-state index contributed by atoms with van der Waals surface area (Å²) >= 11 is 1.36. The Balaban J connectivity index is 1.27. The number of nitrogens with zero attached hydrogens (tertiary/aromatic N) is 6. The number of aromatic nitrogens is 1. The maximum Gasteiger partial charge on any atom is 0.332 e. The summed E-state index contributed by atoms with van der Waals surface area (Å²) in [6, 6.07) is 17.1. The van der Waals surface area contributed by atoms with Gasteiger partial charge in [0.2, 0.25) is 11.8 Å². The highest BCUT2D eigenvalue weighted by molar-refractivity contribution is 7.22. The van der Waals surface area contributed by atoms with Crippen LogP contribution in [0.5, 0.6) is 0 Å². The number of amides is 4. The van der Waals surface area contributed by atoms with Gasteiger partial charge in [-0.05, 0) is 34.9 Å². The van der Waals surface area contributed by atoms with Crippen LogP contribution in [0.3, 0.4) is 0 Å². The van der Waals surface area contributed by atoms with Crippen molar-refractivity contribution in [2.24, 2.45) is 5.22 Å². The summed E-state index contributed by atoms with van der Waals surface area (Å²) < 4.78 is 14.2. The van der Waals surface area contributed by atoms with Gasteiger partial charge in [-0.25, -0.2) is 19.6 Å². The monoisotopic (exact) mass is 657 g/mol. The average Bonchev–Trinajstić information content (AvgIpc) is 3.61. The van der Waals surface area contributed by atoms with Crippen molar-refractivity contribution in [2.45, 2.75) is 31.7 Å². The highest BCUT2D eigenvalue weighted by Crippen LogP contribution is 2.32. The van der Waals surface area contributed by atoms with Crippen molar-refractivity contribution in [1.82, 2.24) is 35.5 Å². The largest absolute Gasteiger partial charge is 0.375 e. The minimum absolute atomic E-state index is 0.0468. The molecular formula is C31H32FN11O3S. The van der Waals surface area contributed by atoms with Gasteiger partial charge in [0.05, 0.1) is 23.3 Å². The van der Waals surface area contributed by atoms with E-state index >= 15 is 0 Å². The molecule has 6 rings (SSSR count). The number of rotatable bonds is 9. The number of thiazole rings is 1. The van der Waals surface area contributed by atoms with Crippen molar-refractivity contribution in [2.75, 3.05) is 25.9 Å². The predicted octanol–water partition coefficient (Wildman–Crippen LogP) is 3.06. The van der Waals surface area contributed by atoms with E-state index in [-0.39, 0.29) is 56.1 Å². The summed E-state index contributed by atoms with van der Waals surface area (Å²) in [5.74, 6) is -0.956. The van der Waals surface area contributed by atoms with Crippen LogP contribution in [-0.2, 0) is 29.1 Å². The van der Waals surface area contributed by atoms with Crippen molar-refractivity contribution in [1.29, 1.82) is 10.9 Å². The summed E-state index contributed by atoms with van der Waals surface area (Å²) in [4.78, 5) is 48.8. The Bertz CT molecular complexity index is 1850. The first-order valence-electron chi connectivity index (χ1n) is 14.7. The van der Waals surface area contributed by atoms with Crippen molar-refractivity contribution in [3.05, 3.63) is 94.8 Å². The normalized spacial score (nSPS) is 17.9. The number of nitrogens with one attached hydrogen (secondary N) is 4. The molecule has 2 aliphatic rings. The van der Waals surface area contributed by atoms with Crippen molar-refractivity contribution in [3.63, 3.8) is 0 Å².